The molecular formula is C26H29N5O2. The number of carbonyl (C=O) groups excluding carboxylic acids is 2. The van der Waals surface area contributed by atoms with Crippen molar-refractivity contribution in [1.82, 2.24) is 20.1 Å². The molecule has 2 fully saturated rings. The molecule has 0 unspecified atom stereocenters. The van der Waals surface area contributed by atoms with Crippen LogP contribution in [0.2, 0.25) is 0 Å². The summed E-state index contributed by atoms with van der Waals surface area (Å²) in [6, 6.07) is 14.3. The van der Waals surface area contributed by atoms with Crippen molar-refractivity contribution in [2.75, 3.05) is 11.4 Å². The van der Waals surface area contributed by atoms with E-state index in [4.69, 9.17) is 5.10 Å². The summed E-state index contributed by atoms with van der Waals surface area (Å²) in [4.78, 5) is 31.2. The molecule has 170 valence electrons. The van der Waals surface area contributed by atoms with Crippen LogP contribution >= 0.6 is 0 Å². The molecule has 2 aromatic heterocycles. The number of aromatic nitrogens is 3. The molecule has 0 bridgehead atoms. The Bertz CT molecular complexity index is 1130. The van der Waals surface area contributed by atoms with Crippen molar-refractivity contribution >= 4 is 17.5 Å². The molecule has 7 heteroatoms. The number of anilines is 1. The van der Waals surface area contributed by atoms with Crippen LogP contribution in [0, 0.1) is 12.8 Å². The van der Waals surface area contributed by atoms with Gasteiger partial charge < -0.3 is 10.2 Å². The minimum atomic E-state index is -0.351. The molecule has 0 spiro atoms. The summed E-state index contributed by atoms with van der Waals surface area (Å²) in [6.07, 6.45) is 8.52. The first-order chi connectivity index (χ1) is 16.1. The van der Waals surface area contributed by atoms with Gasteiger partial charge in [0.2, 0.25) is 11.8 Å². The lowest BCUT2D eigenvalue weighted by Crippen LogP contribution is -2.32. The van der Waals surface area contributed by atoms with E-state index in [0.717, 1.165) is 41.0 Å². The molecule has 7 nitrogen and oxygen atoms in total. The number of benzene rings is 1. The predicted molar refractivity (Wildman–Crippen MR) is 126 cm³/mol. The monoisotopic (exact) mass is 443 g/mol. The van der Waals surface area contributed by atoms with Gasteiger partial charge in [0.1, 0.15) is 0 Å². The number of hydrogen-bond donors (Lipinski definition) is 1. The first-order valence-corrected chi connectivity index (χ1v) is 11.7. The highest BCUT2D eigenvalue weighted by Gasteiger charge is 2.35. The number of nitrogens with zero attached hydrogens (tertiary/aromatic N) is 4. The summed E-state index contributed by atoms with van der Waals surface area (Å²) in [7, 11) is 0. The smallest absolute Gasteiger partial charge is 0.227 e. The van der Waals surface area contributed by atoms with Crippen LogP contribution < -0.4 is 10.2 Å². The molecule has 1 saturated carbocycles. The topological polar surface area (TPSA) is 80.1 Å². The largest absolute Gasteiger partial charge is 0.350 e. The van der Waals surface area contributed by atoms with E-state index in [1.165, 1.54) is 12.8 Å². The normalized spacial score (nSPS) is 18.8. The van der Waals surface area contributed by atoms with Crippen molar-refractivity contribution in [3.8, 4) is 11.3 Å². The van der Waals surface area contributed by atoms with Gasteiger partial charge in [-0.15, -0.1) is 0 Å². The van der Waals surface area contributed by atoms with Gasteiger partial charge >= 0.3 is 0 Å². The summed E-state index contributed by atoms with van der Waals surface area (Å²) < 4.78 is 2.13. The molecule has 2 amide bonds. The van der Waals surface area contributed by atoms with E-state index in [1.807, 2.05) is 43.3 Å². The molecule has 3 heterocycles. The second-order valence-electron chi connectivity index (χ2n) is 9.10. The van der Waals surface area contributed by atoms with Crippen molar-refractivity contribution in [3.05, 3.63) is 66.1 Å². The van der Waals surface area contributed by atoms with Gasteiger partial charge in [0.25, 0.3) is 0 Å². The second-order valence-corrected chi connectivity index (χ2v) is 9.10. The van der Waals surface area contributed by atoms with Gasteiger partial charge in [0.05, 0.1) is 29.9 Å². The van der Waals surface area contributed by atoms with E-state index in [9.17, 15) is 9.59 Å². The molecule has 33 heavy (non-hydrogen) atoms. The molecule has 0 radical (unpaired) electrons. The fourth-order valence-electron chi connectivity index (χ4n) is 4.88. The Morgan fingerprint density at radius 1 is 1.09 bits per heavy atom. The molecule has 1 saturated heterocycles. The van der Waals surface area contributed by atoms with Crippen LogP contribution in [0.4, 0.5) is 5.69 Å². The fraction of sp³-hybridized carbons (Fsp3) is 0.385. The molecular weight excluding hydrogens is 414 g/mol. The number of pyridine rings is 1. The van der Waals surface area contributed by atoms with Crippen LogP contribution in [0.25, 0.3) is 11.3 Å². The Hall–Kier alpha value is -3.48. The van der Waals surface area contributed by atoms with Crippen LogP contribution in [0.3, 0.4) is 0 Å². The molecule has 1 atom stereocenters. The molecule has 1 aromatic carbocycles. The number of aryl methyl sites for hydroxylation is 1. The Labute approximate surface area is 193 Å². The number of hydrogen-bond acceptors (Lipinski definition) is 4. The molecule has 1 aliphatic carbocycles. The number of rotatable bonds is 6. The molecule has 2 aliphatic rings. The van der Waals surface area contributed by atoms with E-state index in [2.05, 4.69) is 21.0 Å². The maximum Gasteiger partial charge on any atom is 0.227 e. The minimum Gasteiger partial charge on any atom is -0.350 e. The molecule has 1 aliphatic heterocycles. The maximum absolute atomic E-state index is 12.9. The average Bonchev–Trinajstić information content (AvgIpc) is 3.58. The molecule has 5 rings (SSSR count). The highest BCUT2D eigenvalue weighted by atomic mass is 16.2. The zero-order chi connectivity index (χ0) is 22.8. The maximum atomic E-state index is 12.9. The minimum absolute atomic E-state index is 0.00973. The lowest BCUT2D eigenvalue weighted by molar-refractivity contribution is -0.126. The summed E-state index contributed by atoms with van der Waals surface area (Å²) in [5, 5.41) is 7.88. The zero-order valence-corrected chi connectivity index (χ0v) is 18.9. The summed E-state index contributed by atoms with van der Waals surface area (Å²) in [5.41, 5.74) is 4.97. The molecule has 3 aromatic rings. The Morgan fingerprint density at radius 2 is 1.82 bits per heavy atom. The van der Waals surface area contributed by atoms with E-state index in [-0.39, 0.29) is 24.2 Å². The van der Waals surface area contributed by atoms with Gasteiger partial charge in [-0.05, 0) is 50.1 Å². The van der Waals surface area contributed by atoms with Gasteiger partial charge in [-0.25, -0.2) is 0 Å². The summed E-state index contributed by atoms with van der Waals surface area (Å²) in [6.45, 7) is 2.78. The quantitative estimate of drug-likeness (QED) is 0.624. The van der Waals surface area contributed by atoms with Crippen molar-refractivity contribution in [2.24, 2.45) is 5.92 Å². The van der Waals surface area contributed by atoms with Crippen LogP contribution in [-0.2, 0) is 16.1 Å². The lowest BCUT2D eigenvalue weighted by Gasteiger charge is -2.17. The summed E-state index contributed by atoms with van der Waals surface area (Å²) in [5.74, 6) is -0.460. The third-order valence-corrected chi connectivity index (χ3v) is 6.72. The third kappa shape index (κ3) is 4.53. The lowest BCUT2D eigenvalue weighted by atomic mass is 10.1. The molecule has 1 N–H and O–H groups in total. The first-order valence-electron chi connectivity index (χ1n) is 11.7. The van der Waals surface area contributed by atoms with E-state index in [0.29, 0.717) is 19.1 Å². The van der Waals surface area contributed by atoms with Crippen molar-refractivity contribution in [3.63, 3.8) is 0 Å². The predicted octanol–water partition coefficient (Wildman–Crippen LogP) is 4.04. The highest BCUT2D eigenvalue weighted by Crippen LogP contribution is 2.33. The van der Waals surface area contributed by atoms with Crippen molar-refractivity contribution < 1.29 is 9.59 Å². The number of carbonyl (C=O) groups is 2. The van der Waals surface area contributed by atoms with Crippen LogP contribution in [0.15, 0.2) is 54.9 Å². The standard InChI is InChI=1S/C26H29N5O2/c1-18-6-8-22(9-7-18)30-17-20(14-25(30)32)26(33)28-16-21-15-24(19-10-12-27-13-11-19)31(29-21)23-4-2-3-5-23/h6-13,15,20,23H,2-5,14,16-17H2,1H3,(H,28,33)/t20-/m0/s1. The van der Waals surface area contributed by atoms with E-state index < -0.39 is 0 Å². The summed E-state index contributed by atoms with van der Waals surface area (Å²) >= 11 is 0. The van der Waals surface area contributed by atoms with Crippen LogP contribution in [0.5, 0.6) is 0 Å². The van der Waals surface area contributed by atoms with Crippen molar-refractivity contribution in [2.45, 2.75) is 51.6 Å². The van der Waals surface area contributed by atoms with Crippen molar-refractivity contribution in [1.29, 1.82) is 0 Å². The first kappa shape index (κ1) is 21.4. The van der Waals surface area contributed by atoms with E-state index in [1.54, 1.807) is 17.3 Å². The van der Waals surface area contributed by atoms with Gasteiger partial charge in [-0.3, -0.25) is 19.3 Å². The van der Waals surface area contributed by atoms with Gasteiger partial charge in [-0.1, -0.05) is 30.5 Å². The SMILES string of the molecule is Cc1ccc(N2C[C@@H](C(=O)NCc3cc(-c4ccncc4)n(C4CCCC4)n3)CC2=O)cc1. The average molecular weight is 444 g/mol. The second kappa shape index (κ2) is 9.17. The van der Waals surface area contributed by atoms with Crippen LogP contribution in [0.1, 0.15) is 49.4 Å². The Balaban J connectivity index is 1.27. The van der Waals surface area contributed by atoms with Crippen LogP contribution in [-0.4, -0.2) is 33.1 Å². The van der Waals surface area contributed by atoms with E-state index >= 15 is 0 Å². The van der Waals surface area contributed by atoms with Gasteiger partial charge in [-0.2, -0.15) is 5.10 Å². The van der Waals surface area contributed by atoms with Gasteiger partial charge in [0.15, 0.2) is 0 Å². The Morgan fingerprint density at radius 3 is 2.55 bits per heavy atom. The van der Waals surface area contributed by atoms with Gasteiger partial charge in [0, 0.05) is 36.6 Å². The fourth-order valence-corrected chi connectivity index (χ4v) is 4.88. The number of nitrogens with one attached hydrogen (secondary N) is 1. The third-order valence-electron chi connectivity index (χ3n) is 6.72. The zero-order valence-electron chi connectivity index (χ0n) is 18.9. The highest BCUT2D eigenvalue weighted by molar-refractivity contribution is 6.00. The number of amides is 2. The Kier molecular flexibility index (Phi) is 5.94.